The second-order valence-corrected chi connectivity index (χ2v) is 6.42. The number of hydrogen-bond acceptors (Lipinski definition) is 2. The Balaban J connectivity index is 1.70. The molecule has 2 aliphatic rings. The molecule has 0 radical (unpaired) electrons. The molecule has 20 heavy (non-hydrogen) atoms. The monoisotopic (exact) mass is 272 g/mol. The van der Waals surface area contributed by atoms with Crippen molar-refractivity contribution in [1.82, 2.24) is 10.2 Å². The average Bonchev–Trinajstić information content (AvgIpc) is 2.46. The molecule has 3 unspecified atom stereocenters. The fourth-order valence-corrected chi connectivity index (χ4v) is 3.56. The third-order valence-electron chi connectivity index (χ3n) is 4.80. The van der Waals surface area contributed by atoms with Crippen molar-refractivity contribution in [3.05, 3.63) is 35.4 Å². The zero-order valence-corrected chi connectivity index (χ0v) is 12.4. The standard InChI is InChI=1S/C17H24N2O/c1-12-7-8-19(13(2)9-12)17(20)16-10-14-5-3-4-6-15(14)11-18-16/h3-6,12-13,16,18H,7-11H2,1-2H3. The number of amides is 1. The Morgan fingerprint density at radius 1 is 1.25 bits per heavy atom. The molecule has 0 spiro atoms. The maximum atomic E-state index is 12.7. The molecule has 2 aliphatic heterocycles. The lowest BCUT2D eigenvalue weighted by atomic mass is 9.91. The quantitative estimate of drug-likeness (QED) is 0.851. The average molecular weight is 272 g/mol. The van der Waals surface area contributed by atoms with Crippen molar-refractivity contribution in [3.63, 3.8) is 0 Å². The molecule has 1 aromatic rings. The van der Waals surface area contributed by atoms with Gasteiger partial charge in [0.05, 0.1) is 6.04 Å². The summed E-state index contributed by atoms with van der Waals surface area (Å²) in [5.74, 6) is 1.04. The third-order valence-corrected chi connectivity index (χ3v) is 4.80. The zero-order chi connectivity index (χ0) is 14.1. The second-order valence-electron chi connectivity index (χ2n) is 6.42. The van der Waals surface area contributed by atoms with Crippen LogP contribution in [0.2, 0.25) is 0 Å². The van der Waals surface area contributed by atoms with Crippen LogP contribution >= 0.6 is 0 Å². The molecule has 1 saturated heterocycles. The first-order valence-corrected chi connectivity index (χ1v) is 7.76. The maximum Gasteiger partial charge on any atom is 0.240 e. The molecule has 108 valence electrons. The van der Waals surface area contributed by atoms with Gasteiger partial charge in [-0.1, -0.05) is 31.2 Å². The third kappa shape index (κ3) is 2.59. The van der Waals surface area contributed by atoms with E-state index in [1.54, 1.807) is 0 Å². The van der Waals surface area contributed by atoms with E-state index in [1.165, 1.54) is 11.1 Å². The van der Waals surface area contributed by atoms with Crippen LogP contribution < -0.4 is 5.32 Å². The summed E-state index contributed by atoms with van der Waals surface area (Å²) in [5, 5.41) is 3.41. The normalized spacial score (nSPS) is 29.9. The molecular weight excluding hydrogens is 248 g/mol. The fourth-order valence-electron chi connectivity index (χ4n) is 3.56. The van der Waals surface area contributed by atoms with Crippen molar-refractivity contribution in [3.8, 4) is 0 Å². The Kier molecular flexibility index (Phi) is 3.79. The summed E-state index contributed by atoms with van der Waals surface area (Å²) in [4.78, 5) is 14.8. The van der Waals surface area contributed by atoms with Gasteiger partial charge in [0.15, 0.2) is 0 Å². The molecule has 1 aromatic carbocycles. The van der Waals surface area contributed by atoms with E-state index < -0.39 is 0 Å². The van der Waals surface area contributed by atoms with Crippen molar-refractivity contribution < 1.29 is 4.79 Å². The van der Waals surface area contributed by atoms with E-state index in [0.29, 0.717) is 11.9 Å². The van der Waals surface area contributed by atoms with Gasteiger partial charge in [-0.05, 0) is 43.2 Å². The van der Waals surface area contributed by atoms with Crippen LogP contribution in [0.15, 0.2) is 24.3 Å². The van der Waals surface area contributed by atoms with E-state index in [0.717, 1.165) is 38.3 Å². The summed E-state index contributed by atoms with van der Waals surface area (Å²) in [6, 6.07) is 8.77. The summed E-state index contributed by atoms with van der Waals surface area (Å²) in [7, 11) is 0. The van der Waals surface area contributed by atoms with E-state index >= 15 is 0 Å². The van der Waals surface area contributed by atoms with Crippen molar-refractivity contribution in [2.45, 2.75) is 51.7 Å². The number of nitrogens with zero attached hydrogens (tertiary/aromatic N) is 1. The zero-order valence-electron chi connectivity index (χ0n) is 12.4. The fraction of sp³-hybridized carbons (Fsp3) is 0.588. The van der Waals surface area contributed by atoms with Gasteiger partial charge in [0.1, 0.15) is 0 Å². The number of carbonyl (C=O) groups excluding carboxylic acids is 1. The van der Waals surface area contributed by atoms with E-state index in [1.807, 2.05) is 0 Å². The Morgan fingerprint density at radius 2 is 2.00 bits per heavy atom. The summed E-state index contributed by atoms with van der Waals surface area (Å²) < 4.78 is 0. The highest BCUT2D eigenvalue weighted by Gasteiger charge is 2.32. The summed E-state index contributed by atoms with van der Waals surface area (Å²) in [6.45, 7) is 6.20. The minimum Gasteiger partial charge on any atom is -0.339 e. The first-order chi connectivity index (χ1) is 9.65. The number of likely N-dealkylation sites (tertiary alicyclic amines) is 1. The molecule has 3 atom stereocenters. The maximum absolute atomic E-state index is 12.7. The lowest BCUT2D eigenvalue weighted by molar-refractivity contribution is -0.137. The Hall–Kier alpha value is -1.35. The molecule has 1 fully saturated rings. The van der Waals surface area contributed by atoms with Gasteiger partial charge in [0.2, 0.25) is 5.91 Å². The number of nitrogens with one attached hydrogen (secondary N) is 1. The number of carbonyl (C=O) groups is 1. The molecule has 0 bridgehead atoms. The van der Waals surface area contributed by atoms with Crippen LogP contribution in [0.5, 0.6) is 0 Å². The van der Waals surface area contributed by atoms with Crippen LogP contribution in [0.4, 0.5) is 0 Å². The van der Waals surface area contributed by atoms with Gasteiger partial charge in [-0.25, -0.2) is 0 Å². The number of benzene rings is 1. The van der Waals surface area contributed by atoms with E-state index in [4.69, 9.17) is 0 Å². The Labute approximate surface area is 121 Å². The van der Waals surface area contributed by atoms with E-state index in [2.05, 4.69) is 48.3 Å². The van der Waals surface area contributed by atoms with Gasteiger partial charge in [0, 0.05) is 19.1 Å². The van der Waals surface area contributed by atoms with Gasteiger partial charge in [0.25, 0.3) is 0 Å². The van der Waals surface area contributed by atoms with Crippen molar-refractivity contribution >= 4 is 5.91 Å². The molecule has 0 saturated carbocycles. The number of hydrogen-bond donors (Lipinski definition) is 1. The van der Waals surface area contributed by atoms with Crippen molar-refractivity contribution in [2.24, 2.45) is 5.92 Å². The van der Waals surface area contributed by atoms with Crippen LogP contribution in [0.25, 0.3) is 0 Å². The van der Waals surface area contributed by atoms with Gasteiger partial charge < -0.3 is 10.2 Å². The molecule has 3 heteroatoms. The molecule has 0 aliphatic carbocycles. The van der Waals surface area contributed by atoms with Gasteiger partial charge in [-0.2, -0.15) is 0 Å². The van der Waals surface area contributed by atoms with Crippen LogP contribution in [-0.2, 0) is 17.8 Å². The molecule has 2 heterocycles. The summed E-state index contributed by atoms with van der Waals surface area (Å²) in [6.07, 6.45) is 3.10. The molecule has 3 nitrogen and oxygen atoms in total. The Morgan fingerprint density at radius 3 is 2.75 bits per heavy atom. The smallest absolute Gasteiger partial charge is 0.240 e. The highest BCUT2D eigenvalue weighted by Crippen LogP contribution is 2.24. The molecule has 0 aromatic heterocycles. The lowest BCUT2D eigenvalue weighted by Gasteiger charge is -2.39. The van der Waals surface area contributed by atoms with Crippen LogP contribution in [0.1, 0.15) is 37.8 Å². The lowest BCUT2D eigenvalue weighted by Crippen LogP contribution is -2.54. The number of rotatable bonds is 1. The molecule has 1 N–H and O–H groups in total. The summed E-state index contributed by atoms with van der Waals surface area (Å²) in [5.41, 5.74) is 2.65. The topological polar surface area (TPSA) is 32.3 Å². The van der Waals surface area contributed by atoms with E-state index in [-0.39, 0.29) is 6.04 Å². The van der Waals surface area contributed by atoms with Crippen LogP contribution in [0, 0.1) is 5.92 Å². The summed E-state index contributed by atoms with van der Waals surface area (Å²) >= 11 is 0. The highest BCUT2D eigenvalue weighted by molar-refractivity contribution is 5.83. The first kappa shape index (κ1) is 13.6. The Bertz CT molecular complexity index is 500. The molecular formula is C17H24N2O. The first-order valence-electron chi connectivity index (χ1n) is 7.76. The van der Waals surface area contributed by atoms with E-state index in [9.17, 15) is 4.79 Å². The van der Waals surface area contributed by atoms with Crippen molar-refractivity contribution in [2.75, 3.05) is 6.54 Å². The van der Waals surface area contributed by atoms with Gasteiger partial charge in [-0.15, -0.1) is 0 Å². The molecule has 3 rings (SSSR count). The van der Waals surface area contributed by atoms with Crippen LogP contribution in [0.3, 0.4) is 0 Å². The SMILES string of the molecule is CC1CCN(C(=O)C2Cc3ccccc3CN2)C(C)C1. The largest absolute Gasteiger partial charge is 0.339 e. The van der Waals surface area contributed by atoms with Gasteiger partial charge in [-0.3, -0.25) is 4.79 Å². The number of piperidine rings is 1. The molecule has 1 amide bonds. The predicted molar refractivity (Wildman–Crippen MR) is 80.3 cm³/mol. The van der Waals surface area contributed by atoms with Crippen molar-refractivity contribution in [1.29, 1.82) is 0 Å². The minimum atomic E-state index is -0.0410. The minimum absolute atomic E-state index is 0.0410. The van der Waals surface area contributed by atoms with Gasteiger partial charge >= 0.3 is 0 Å². The highest BCUT2D eigenvalue weighted by atomic mass is 16.2. The predicted octanol–water partition coefficient (Wildman–Crippen LogP) is 2.35. The van der Waals surface area contributed by atoms with Crippen LogP contribution in [-0.4, -0.2) is 29.4 Å². The number of fused-ring (bicyclic) bond motifs is 1. The second kappa shape index (κ2) is 5.57.